The molecule has 0 bridgehead atoms. The molecule has 4 amide bonds. The highest BCUT2D eigenvalue weighted by atomic mass is 16.2. The summed E-state index contributed by atoms with van der Waals surface area (Å²) in [5.74, 6) is -1.71. The molecular weight excluding hydrogens is 450 g/mol. The van der Waals surface area contributed by atoms with E-state index in [1.54, 1.807) is 6.20 Å². The average Bonchev–Trinajstić information content (AvgIpc) is 3.23. The summed E-state index contributed by atoms with van der Waals surface area (Å²) in [5, 5.41) is 9.06. The third-order valence-electron chi connectivity index (χ3n) is 5.59. The van der Waals surface area contributed by atoms with Gasteiger partial charge in [-0.2, -0.15) is 0 Å². The molecule has 1 aromatic heterocycles. The van der Waals surface area contributed by atoms with Gasteiger partial charge in [0.15, 0.2) is 0 Å². The maximum absolute atomic E-state index is 12.6. The lowest BCUT2D eigenvalue weighted by Crippen LogP contribution is -2.49. The minimum atomic E-state index is -1.04. The summed E-state index contributed by atoms with van der Waals surface area (Å²) in [6.07, 6.45) is 4.96. The molecule has 0 spiro atoms. The van der Waals surface area contributed by atoms with Crippen LogP contribution in [0, 0.1) is 0 Å². The van der Waals surface area contributed by atoms with Crippen LogP contribution in [-0.4, -0.2) is 60.3 Å². The summed E-state index contributed by atoms with van der Waals surface area (Å²) in [6, 6.07) is 6.00. The van der Waals surface area contributed by atoms with Gasteiger partial charge in [0.05, 0.1) is 18.9 Å². The van der Waals surface area contributed by atoms with Crippen LogP contribution in [0.3, 0.4) is 0 Å². The Morgan fingerprint density at radius 3 is 2.31 bits per heavy atom. The normalized spacial score (nSPS) is 12.6. The Bertz CT molecular complexity index is 991. The second-order valence-electron chi connectivity index (χ2n) is 8.51. The van der Waals surface area contributed by atoms with Crippen molar-refractivity contribution in [3.8, 4) is 0 Å². The SMILES string of the molecule is NCCC[C@H](N)C(=O)NCCCCCNC(=O)[C@H](CC(N)=O)NC(=O)Cc1c[nH]c2ccccc12. The molecule has 1 heterocycles. The van der Waals surface area contributed by atoms with Crippen LogP contribution in [0.4, 0.5) is 0 Å². The molecule has 0 radical (unpaired) electrons. The average molecular weight is 488 g/mol. The second-order valence-corrected chi connectivity index (χ2v) is 8.51. The third kappa shape index (κ3) is 9.75. The molecule has 0 unspecified atom stereocenters. The first-order valence-corrected chi connectivity index (χ1v) is 12.0. The van der Waals surface area contributed by atoms with E-state index >= 15 is 0 Å². The van der Waals surface area contributed by atoms with Crippen LogP contribution in [0.25, 0.3) is 10.9 Å². The topological polar surface area (TPSA) is 198 Å². The van der Waals surface area contributed by atoms with E-state index in [2.05, 4.69) is 20.9 Å². The van der Waals surface area contributed by atoms with Gasteiger partial charge in [0.1, 0.15) is 6.04 Å². The lowest BCUT2D eigenvalue weighted by Gasteiger charge is -2.17. The van der Waals surface area contributed by atoms with E-state index in [1.165, 1.54) is 0 Å². The molecule has 11 heteroatoms. The minimum absolute atomic E-state index is 0.0636. The van der Waals surface area contributed by atoms with E-state index in [1.807, 2.05) is 24.3 Å². The van der Waals surface area contributed by atoms with Gasteiger partial charge in [-0.3, -0.25) is 19.2 Å². The molecule has 2 atom stereocenters. The molecule has 0 aliphatic carbocycles. The zero-order valence-corrected chi connectivity index (χ0v) is 20.0. The lowest BCUT2D eigenvalue weighted by molar-refractivity contribution is -0.131. The van der Waals surface area contributed by atoms with Crippen molar-refractivity contribution in [1.29, 1.82) is 0 Å². The first kappa shape index (κ1) is 27.8. The number of para-hydroxylation sites is 1. The predicted octanol–water partition coefficient (Wildman–Crippen LogP) is -0.460. The Morgan fingerprint density at radius 2 is 1.63 bits per heavy atom. The van der Waals surface area contributed by atoms with Gasteiger partial charge in [-0.05, 0) is 50.3 Å². The van der Waals surface area contributed by atoms with Crippen molar-refractivity contribution in [3.63, 3.8) is 0 Å². The number of unbranched alkanes of at least 4 members (excludes halogenated alkanes) is 2. The zero-order chi connectivity index (χ0) is 25.6. The monoisotopic (exact) mass is 487 g/mol. The predicted molar refractivity (Wildman–Crippen MR) is 134 cm³/mol. The van der Waals surface area contributed by atoms with Gasteiger partial charge in [-0.15, -0.1) is 0 Å². The number of aromatic amines is 1. The highest BCUT2D eigenvalue weighted by Crippen LogP contribution is 2.18. The van der Waals surface area contributed by atoms with Crippen LogP contribution in [-0.2, 0) is 25.6 Å². The number of aromatic nitrogens is 1. The smallest absolute Gasteiger partial charge is 0.243 e. The van der Waals surface area contributed by atoms with E-state index in [9.17, 15) is 19.2 Å². The molecular formula is C24H37N7O4. The Morgan fingerprint density at radius 1 is 0.943 bits per heavy atom. The van der Waals surface area contributed by atoms with Crippen molar-refractivity contribution in [3.05, 3.63) is 36.0 Å². The molecule has 192 valence electrons. The first-order chi connectivity index (χ1) is 16.8. The van der Waals surface area contributed by atoms with Crippen LogP contribution in [0.1, 0.15) is 44.1 Å². The molecule has 2 aromatic rings. The van der Waals surface area contributed by atoms with Crippen molar-refractivity contribution in [1.82, 2.24) is 20.9 Å². The number of H-pyrrole nitrogens is 1. The number of nitrogens with two attached hydrogens (primary N) is 3. The fraction of sp³-hybridized carbons (Fsp3) is 0.500. The molecule has 1 aromatic carbocycles. The minimum Gasteiger partial charge on any atom is -0.370 e. The second kappa shape index (κ2) is 14.7. The Hall–Kier alpha value is -3.44. The van der Waals surface area contributed by atoms with E-state index < -0.39 is 23.9 Å². The van der Waals surface area contributed by atoms with Gasteiger partial charge >= 0.3 is 0 Å². The molecule has 0 fully saturated rings. The molecule has 0 saturated heterocycles. The lowest BCUT2D eigenvalue weighted by atomic mass is 10.1. The molecule has 0 aliphatic rings. The highest BCUT2D eigenvalue weighted by molar-refractivity contribution is 5.94. The van der Waals surface area contributed by atoms with E-state index in [4.69, 9.17) is 17.2 Å². The molecule has 0 aliphatic heterocycles. The van der Waals surface area contributed by atoms with Crippen LogP contribution in [0.2, 0.25) is 0 Å². The number of fused-ring (bicyclic) bond motifs is 1. The first-order valence-electron chi connectivity index (χ1n) is 12.0. The van der Waals surface area contributed by atoms with E-state index in [-0.39, 0.29) is 24.7 Å². The van der Waals surface area contributed by atoms with Crippen LogP contribution < -0.4 is 33.2 Å². The molecule has 35 heavy (non-hydrogen) atoms. The van der Waals surface area contributed by atoms with Crippen LogP contribution >= 0.6 is 0 Å². The molecule has 0 saturated carbocycles. The van der Waals surface area contributed by atoms with Crippen LogP contribution in [0.15, 0.2) is 30.5 Å². The summed E-state index contributed by atoms with van der Waals surface area (Å²) in [5.41, 5.74) is 18.2. The van der Waals surface area contributed by atoms with Gasteiger partial charge in [0, 0.05) is 30.2 Å². The van der Waals surface area contributed by atoms with Crippen molar-refractivity contribution in [2.45, 2.75) is 57.0 Å². The summed E-state index contributed by atoms with van der Waals surface area (Å²) < 4.78 is 0. The van der Waals surface area contributed by atoms with E-state index in [0.717, 1.165) is 29.3 Å². The number of rotatable bonds is 16. The Balaban J connectivity index is 1.71. The number of benzene rings is 1. The van der Waals surface area contributed by atoms with Crippen molar-refractivity contribution in [2.75, 3.05) is 19.6 Å². The van der Waals surface area contributed by atoms with Gasteiger partial charge in [-0.1, -0.05) is 18.2 Å². The molecule has 10 N–H and O–H groups in total. The standard InChI is InChI=1S/C24H37N7O4/c25-10-6-8-18(26)23(34)28-11-4-1-5-12-29-24(35)20(14-21(27)32)31-22(33)13-16-15-30-19-9-3-2-7-17(16)19/h2-3,7,9,15,18,20,30H,1,4-6,8,10-14,25-26H2,(H2,27,32)(H,28,34)(H,29,35)(H,31,33)/t18-,20-/m0/s1. The number of primary amides is 1. The fourth-order valence-electron chi connectivity index (χ4n) is 3.68. The van der Waals surface area contributed by atoms with Crippen molar-refractivity contribution < 1.29 is 19.2 Å². The van der Waals surface area contributed by atoms with Gasteiger partial charge in [0.25, 0.3) is 0 Å². The summed E-state index contributed by atoms with van der Waals surface area (Å²) in [7, 11) is 0. The van der Waals surface area contributed by atoms with Crippen molar-refractivity contribution >= 4 is 34.5 Å². The Labute approximate surface area is 204 Å². The van der Waals surface area contributed by atoms with Gasteiger partial charge in [0.2, 0.25) is 23.6 Å². The quantitative estimate of drug-likeness (QED) is 0.156. The number of hydrogen-bond acceptors (Lipinski definition) is 6. The maximum Gasteiger partial charge on any atom is 0.243 e. The number of amides is 4. The molecule has 2 rings (SSSR count). The largest absolute Gasteiger partial charge is 0.370 e. The fourth-order valence-corrected chi connectivity index (χ4v) is 3.68. The third-order valence-corrected chi connectivity index (χ3v) is 5.59. The molecule has 11 nitrogen and oxygen atoms in total. The summed E-state index contributed by atoms with van der Waals surface area (Å²) in [6.45, 7) is 1.37. The number of carbonyl (C=O) groups excluding carboxylic acids is 4. The van der Waals surface area contributed by atoms with Crippen molar-refractivity contribution in [2.24, 2.45) is 17.2 Å². The van der Waals surface area contributed by atoms with Gasteiger partial charge in [-0.25, -0.2) is 0 Å². The summed E-state index contributed by atoms with van der Waals surface area (Å²) >= 11 is 0. The van der Waals surface area contributed by atoms with Crippen LogP contribution in [0.5, 0.6) is 0 Å². The maximum atomic E-state index is 12.6. The van der Waals surface area contributed by atoms with Gasteiger partial charge < -0.3 is 38.1 Å². The number of hydrogen-bond donors (Lipinski definition) is 7. The highest BCUT2D eigenvalue weighted by Gasteiger charge is 2.23. The number of nitrogens with one attached hydrogen (secondary N) is 4. The Kier molecular flexibility index (Phi) is 11.7. The van der Waals surface area contributed by atoms with E-state index in [0.29, 0.717) is 38.9 Å². The summed E-state index contributed by atoms with van der Waals surface area (Å²) in [4.78, 5) is 51.5. The zero-order valence-electron chi connectivity index (χ0n) is 20.0. The number of carbonyl (C=O) groups is 4.